The average molecular weight is 410 g/mol. The van der Waals surface area contributed by atoms with Crippen LogP contribution in [-0.2, 0) is 0 Å². The van der Waals surface area contributed by atoms with Gasteiger partial charge >= 0.3 is 64.3 Å². The van der Waals surface area contributed by atoms with Gasteiger partial charge in [0, 0.05) is 0 Å². The molecule has 0 bridgehead atoms. The molecule has 5 heteroatoms. The molecular formula is H9AlBPbSiTe. The van der Waals surface area contributed by atoms with Crippen molar-refractivity contribution in [3.05, 3.63) is 0 Å². The molecule has 0 nitrogen and oxygen atoms in total. The molecule has 0 atom stereocenters. The van der Waals surface area contributed by atoms with Crippen molar-refractivity contribution in [1.82, 2.24) is 0 Å². The molecule has 0 saturated carbocycles. The van der Waals surface area contributed by atoms with Crippen LogP contribution < -0.4 is 0 Å². The molecule has 0 aliphatic rings. The van der Waals surface area contributed by atoms with E-state index in [9.17, 15) is 0 Å². The standard InChI is InChI=1S/Al.BH4SiTe.Pb.5H/c;2-1-3;;;;;;/h;3H,2H3;;;;;;. The first-order valence-corrected chi connectivity index (χ1v) is 3.46. The minimum atomic E-state index is 0. The molecule has 0 rings (SSSR count). The zero-order valence-electron chi connectivity index (χ0n) is 2.73. The van der Waals surface area contributed by atoms with Gasteiger partial charge in [-0.15, -0.1) is 0 Å². The average Bonchev–Trinajstić information content (AvgIpc) is 0.918. The van der Waals surface area contributed by atoms with Crippen molar-refractivity contribution in [3.63, 3.8) is 0 Å². The Bertz CT molecular complexity index is 11.6. The molecule has 0 aromatic heterocycles. The zero-order valence-corrected chi connectivity index (χ0v) is 12.8. The molecule has 0 aromatic carbocycles. The molecule has 0 aliphatic carbocycles. The van der Waals surface area contributed by atoms with Gasteiger partial charge in [0.15, 0.2) is 17.4 Å². The number of hydrogen-bond acceptors (Lipinski definition) is 0. The molecule has 0 amide bonds. The quantitative estimate of drug-likeness (QED) is 0.355. The van der Waals surface area contributed by atoms with E-state index in [4.69, 9.17) is 0 Å². The summed E-state index contributed by atoms with van der Waals surface area (Å²) in [6.07, 6.45) is 0. The van der Waals surface area contributed by atoms with E-state index in [-0.39, 0.29) is 44.7 Å². The molecule has 0 aromatic rings. The molecule has 0 unspecified atom stereocenters. The van der Waals surface area contributed by atoms with Crippen LogP contribution in [0, 0.1) is 0 Å². The van der Waals surface area contributed by atoms with Gasteiger partial charge in [-0.3, -0.25) is 0 Å². The predicted octanol–water partition coefficient (Wildman–Crippen LogP) is -4.31. The van der Waals surface area contributed by atoms with Crippen LogP contribution in [-0.4, -0.2) is 81.6 Å². The summed E-state index contributed by atoms with van der Waals surface area (Å²) in [6, 6.07) is 0. The van der Waals surface area contributed by atoms with Crippen LogP contribution in [0.2, 0.25) is 0 Å². The third kappa shape index (κ3) is 21.0. The monoisotopic (exact) mass is 413 g/mol. The van der Waals surface area contributed by atoms with Crippen molar-refractivity contribution in [3.8, 4) is 0 Å². The van der Waals surface area contributed by atoms with Crippen molar-refractivity contribution >= 4 is 81.6 Å². The Hall–Kier alpha value is 2.53. The third-order valence-corrected chi connectivity index (χ3v) is 0. The van der Waals surface area contributed by atoms with Crippen molar-refractivity contribution in [1.29, 1.82) is 0 Å². The van der Waals surface area contributed by atoms with Gasteiger partial charge in [-0.2, -0.15) is 0 Å². The Balaban J connectivity index is -0.0000000200. The summed E-state index contributed by atoms with van der Waals surface area (Å²) >= 11 is 1.79. The Labute approximate surface area is 80.4 Å². The van der Waals surface area contributed by atoms with Gasteiger partial charge in [0.05, 0.1) is 0 Å². The van der Waals surface area contributed by atoms with Crippen molar-refractivity contribution < 1.29 is 0 Å². The Morgan fingerprint density at radius 2 is 1.60 bits per heavy atom. The van der Waals surface area contributed by atoms with Gasteiger partial charge in [0.2, 0.25) is 0 Å². The first-order chi connectivity index (χ1) is 1.41. The van der Waals surface area contributed by atoms with Gasteiger partial charge in [-0.1, -0.05) is 0 Å². The zero-order chi connectivity index (χ0) is 2.71. The summed E-state index contributed by atoms with van der Waals surface area (Å²) < 4.78 is 2.19. The van der Waals surface area contributed by atoms with E-state index in [2.05, 4.69) is 4.77 Å². The van der Waals surface area contributed by atoms with Crippen LogP contribution in [0.5, 0.6) is 0 Å². The Kier molecular flexibility index (Phi) is 50.2. The molecule has 5 heavy (non-hydrogen) atoms. The van der Waals surface area contributed by atoms with Crippen LogP contribution in [0.15, 0.2) is 0 Å². The fourth-order valence-electron chi connectivity index (χ4n) is 0. The number of hydrogen-bond donors (Lipinski definition) is 0. The summed E-state index contributed by atoms with van der Waals surface area (Å²) in [7, 11) is 1.27. The van der Waals surface area contributed by atoms with Gasteiger partial charge in [0.25, 0.3) is 0 Å². The van der Waals surface area contributed by atoms with E-state index < -0.39 is 0 Å². The summed E-state index contributed by atoms with van der Waals surface area (Å²) in [4.78, 5) is 0. The van der Waals surface area contributed by atoms with Crippen molar-refractivity contribution in [2.24, 2.45) is 0 Å². The maximum atomic E-state index is 2.19. The van der Waals surface area contributed by atoms with Gasteiger partial charge in [-0.25, -0.2) is 0 Å². The van der Waals surface area contributed by atoms with E-state index >= 15 is 0 Å². The maximum absolute atomic E-state index is 2.19. The molecule has 0 saturated heterocycles. The van der Waals surface area contributed by atoms with Crippen molar-refractivity contribution in [2.75, 3.05) is 0 Å². The Morgan fingerprint density at radius 3 is 1.60 bits per heavy atom. The molecule has 3 radical (unpaired) electrons. The van der Waals surface area contributed by atoms with Gasteiger partial charge in [0.1, 0.15) is 0 Å². The van der Waals surface area contributed by atoms with Gasteiger partial charge in [-0.05, 0) is 0 Å². The van der Waals surface area contributed by atoms with Crippen LogP contribution in [0.25, 0.3) is 0 Å². The molecule has 0 heterocycles. The SMILES string of the molecule is [AlH3].[PbH2].[SiH3][B][TeH]. The second kappa shape index (κ2) is 16.0. The molecule has 0 fully saturated rings. The molecular weight excluding hydrogens is 401 g/mol. The predicted molar refractivity (Wildman–Crippen MR) is 41.3 cm³/mol. The van der Waals surface area contributed by atoms with E-state index in [1.54, 1.807) is 22.1 Å². The van der Waals surface area contributed by atoms with Crippen molar-refractivity contribution in [2.45, 2.75) is 0 Å². The summed E-state index contributed by atoms with van der Waals surface area (Å²) in [5, 5.41) is 0. The van der Waals surface area contributed by atoms with Gasteiger partial charge < -0.3 is 0 Å². The normalized spacial score (nSPS) is 3.40. The third-order valence-electron chi connectivity index (χ3n) is 0. The minimum absolute atomic E-state index is 0. The van der Waals surface area contributed by atoms with E-state index in [1.807, 2.05) is 0 Å². The molecule has 0 aliphatic heterocycles. The summed E-state index contributed by atoms with van der Waals surface area (Å²) in [5.74, 6) is 0. The Morgan fingerprint density at radius 1 is 1.60 bits per heavy atom. The fraction of sp³-hybridized carbons (Fsp3) is 0. The number of rotatable bonds is 0. The second-order valence-corrected chi connectivity index (χ2v) is 5.20. The van der Waals surface area contributed by atoms with E-state index in [0.717, 1.165) is 0 Å². The molecule has 29 valence electrons. The molecule has 0 spiro atoms. The first kappa shape index (κ1) is 15.6. The first-order valence-electron chi connectivity index (χ1n) is 0.836. The fourth-order valence-corrected chi connectivity index (χ4v) is 0. The van der Waals surface area contributed by atoms with E-state index in [0.29, 0.717) is 0 Å². The second-order valence-electron chi connectivity index (χ2n) is 0.258. The topological polar surface area (TPSA) is 0 Å². The summed E-state index contributed by atoms with van der Waals surface area (Å²) in [6.45, 7) is 0. The van der Waals surface area contributed by atoms with Crippen LogP contribution in [0.1, 0.15) is 0 Å². The van der Waals surface area contributed by atoms with E-state index in [1.165, 1.54) is 10.1 Å². The van der Waals surface area contributed by atoms with Crippen LogP contribution in [0.3, 0.4) is 0 Å². The van der Waals surface area contributed by atoms with Crippen LogP contribution >= 0.6 is 0 Å². The van der Waals surface area contributed by atoms with Crippen LogP contribution in [0.4, 0.5) is 0 Å². The summed E-state index contributed by atoms with van der Waals surface area (Å²) in [5.41, 5.74) is 0. The molecule has 0 N–H and O–H groups in total.